The summed E-state index contributed by atoms with van der Waals surface area (Å²) in [6.45, 7) is 2.91. The summed E-state index contributed by atoms with van der Waals surface area (Å²) in [5.74, 6) is 1.33. The fourth-order valence-corrected chi connectivity index (χ4v) is 2.53. The van der Waals surface area contributed by atoms with Gasteiger partial charge in [-0.15, -0.1) is 0 Å². The van der Waals surface area contributed by atoms with E-state index < -0.39 is 0 Å². The Kier molecular flexibility index (Phi) is 3.80. The van der Waals surface area contributed by atoms with Crippen LogP contribution in [0.1, 0.15) is 35.8 Å². The first kappa shape index (κ1) is 13.3. The monoisotopic (exact) mass is 273 g/mol. The van der Waals surface area contributed by atoms with E-state index in [2.05, 4.69) is 33.7 Å². The van der Waals surface area contributed by atoms with Crippen LogP contribution in [0.5, 0.6) is 0 Å². The maximum absolute atomic E-state index is 5.43. The molecule has 0 bridgehead atoms. The van der Waals surface area contributed by atoms with Gasteiger partial charge in [0.05, 0.1) is 6.10 Å². The molecule has 1 aliphatic rings. The maximum Gasteiger partial charge on any atom is 0.248 e. The molecule has 1 N–H and O–H groups in total. The van der Waals surface area contributed by atoms with E-state index in [9.17, 15) is 0 Å². The number of nitrogens with one attached hydrogen (secondary N) is 1. The van der Waals surface area contributed by atoms with Crippen LogP contribution in [0.15, 0.2) is 28.8 Å². The van der Waals surface area contributed by atoms with Gasteiger partial charge in [0.15, 0.2) is 5.82 Å². The van der Waals surface area contributed by atoms with Crippen molar-refractivity contribution in [2.75, 3.05) is 13.7 Å². The Morgan fingerprint density at radius 1 is 1.45 bits per heavy atom. The van der Waals surface area contributed by atoms with E-state index in [0.717, 1.165) is 13.0 Å². The summed E-state index contributed by atoms with van der Waals surface area (Å²) in [6, 6.07) is 8.39. The van der Waals surface area contributed by atoms with Crippen LogP contribution < -0.4 is 5.32 Å². The Bertz CT molecular complexity index is 582. The van der Waals surface area contributed by atoms with Crippen LogP contribution in [0.25, 0.3) is 0 Å². The molecule has 20 heavy (non-hydrogen) atoms. The highest BCUT2D eigenvalue weighted by Gasteiger charge is 2.26. The van der Waals surface area contributed by atoms with E-state index in [1.165, 1.54) is 11.1 Å². The van der Waals surface area contributed by atoms with Crippen molar-refractivity contribution in [1.29, 1.82) is 0 Å². The van der Waals surface area contributed by atoms with Crippen LogP contribution in [0.2, 0.25) is 0 Å². The summed E-state index contributed by atoms with van der Waals surface area (Å²) in [6.07, 6.45) is 1.79. The van der Waals surface area contributed by atoms with Crippen LogP contribution in [0, 0.1) is 0 Å². The van der Waals surface area contributed by atoms with Gasteiger partial charge in [0.25, 0.3) is 0 Å². The molecule has 2 atom stereocenters. The van der Waals surface area contributed by atoms with Crippen molar-refractivity contribution in [3.8, 4) is 0 Å². The normalized spacial score (nSPS) is 19.6. The van der Waals surface area contributed by atoms with Gasteiger partial charge in [0.2, 0.25) is 5.89 Å². The highest BCUT2D eigenvalue weighted by molar-refractivity contribution is 5.35. The lowest BCUT2D eigenvalue weighted by atomic mass is 9.94. The van der Waals surface area contributed by atoms with Crippen LogP contribution in [0.3, 0.4) is 0 Å². The summed E-state index contributed by atoms with van der Waals surface area (Å²) in [4.78, 5) is 4.50. The van der Waals surface area contributed by atoms with E-state index in [1.807, 2.05) is 13.0 Å². The molecule has 1 aromatic heterocycles. The molecule has 1 aromatic carbocycles. The molecule has 0 saturated heterocycles. The van der Waals surface area contributed by atoms with Gasteiger partial charge < -0.3 is 14.6 Å². The van der Waals surface area contributed by atoms with E-state index >= 15 is 0 Å². The first-order chi connectivity index (χ1) is 9.78. The highest BCUT2D eigenvalue weighted by Crippen LogP contribution is 2.27. The Hall–Kier alpha value is -1.72. The predicted octanol–water partition coefficient (Wildman–Crippen LogP) is 1.88. The van der Waals surface area contributed by atoms with Crippen molar-refractivity contribution in [1.82, 2.24) is 15.5 Å². The fourth-order valence-electron chi connectivity index (χ4n) is 2.53. The van der Waals surface area contributed by atoms with E-state index in [1.54, 1.807) is 7.11 Å². The minimum atomic E-state index is -0.000879. The third-order valence-corrected chi connectivity index (χ3v) is 3.71. The summed E-state index contributed by atoms with van der Waals surface area (Å²) in [5.41, 5.74) is 2.58. The largest absolute Gasteiger partial charge is 0.381 e. The summed E-state index contributed by atoms with van der Waals surface area (Å²) >= 11 is 0. The number of aromatic nitrogens is 2. The average Bonchev–Trinajstić information content (AvgIpc) is 2.94. The van der Waals surface area contributed by atoms with Gasteiger partial charge in [-0.2, -0.15) is 4.98 Å². The number of rotatable bonds is 4. The zero-order chi connectivity index (χ0) is 13.9. The van der Waals surface area contributed by atoms with Crippen molar-refractivity contribution in [2.24, 2.45) is 0 Å². The van der Waals surface area contributed by atoms with Crippen molar-refractivity contribution in [2.45, 2.75) is 31.9 Å². The Balaban J connectivity index is 1.84. The van der Waals surface area contributed by atoms with E-state index in [4.69, 9.17) is 9.26 Å². The van der Waals surface area contributed by atoms with Gasteiger partial charge in [-0.05, 0) is 24.5 Å². The molecule has 3 rings (SSSR count). The Morgan fingerprint density at radius 3 is 3.15 bits per heavy atom. The second-order valence-corrected chi connectivity index (χ2v) is 5.14. The average molecular weight is 273 g/mol. The molecule has 0 radical (unpaired) electrons. The first-order valence-corrected chi connectivity index (χ1v) is 6.94. The van der Waals surface area contributed by atoms with Gasteiger partial charge in [-0.1, -0.05) is 29.4 Å². The molecule has 0 spiro atoms. The minimum Gasteiger partial charge on any atom is -0.381 e. The second kappa shape index (κ2) is 5.73. The molecule has 106 valence electrons. The van der Waals surface area contributed by atoms with Gasteiger partial charge in [0.1, 0.15) is 6.04 Å². The minimum absolute atomic E-state index is 0.000879. The predicted molar refractivity (Wildman–Crippen MR) is 74.5 cm³/mol. The molecule has 5 nitrogen and oxygen atoms in total. The SMILES string of the molecule is COC(C)Cc1noc(C2NCCc3ccccc32)n1. The van der Waals surface area contributed by atoms with Crippen LogP contribution in [0.4, 0.5) is 0 Å². The van der Waals surface area contributed by atoms with Crippen LogP contribution in [-0.2, 0) is 17.6 Å². The number of nitrogens with zero attached hydrogens (tertiary/aromatic N) is 2. The number of hydrogen-bond donors (Lipinski definition) is 1. The second-order valence-electron chi connectivity index (χ2n) is 5.14. The number of hydrogen-bond acceptors (Lipinski definition) is 5. The summed E-state index contributed by atoms with van der Waals surface area (Å²) in [5, 5.41) is 7.49. The van der Waals surface area contributed by atoms with Crippen LogP contribution >= 0.6 is 0 Å². The van der Waals surface area contributed by atoms with Crippen LogP contribution in [-0.4, -0.2) is 29.9 Å². The maximum atomic E-state index is 5.43. The zero-order valence-corrected chi connectivity index (χ0v) is 11.8. The molecule has 0 fully saturated rings. The smallest absolute Gasteiger partial charge is 0.248 e. The quantitative estimate of drug-likeness (QED) is 0.921. The lowest BCUT2D eigenvalue weighted by Crippen LogP contribution is -2.30. The Labute approximate surface area is 118 Å². The van der Waals surface area contributed by atoms with Gasteiger partial charge >= 0.3 is 0 Å². The summed E-state index contributed by atoms with van der Waals surface area (Å²) in [7, 11) is 1.69. The number of benzene rings is 1. The van der Waals surface area contributed by atoms with E-state index in [-0.39, 0.29) is 12.1 Å². The highest BCUT2D eigenvalue weighted by atomic mass is 16.5. The Morgan fingerprint density at radius 2 is 2.30 bits per heavy atom. The number of ether oxygens (including phenoxy) is 1. The molecule has 0 saturated carbocycles. The molecule has 2 unspecified atom stereocenters. The molecule has 2 aromatic rings. The van der Waals surface area contributed by atoms with Gasteiger partial charge in [-0.25, -0.2) is 0 Å². The molecule has 2 heterocycles. The summed E-state index contributed by atoms with van der Waals surface area (Å²) < 4.78 is 10.7. The molecule has 0 aliphatic carbocycles. The van der Waals surface area contributed by atoms with Crippen molar-refractivity contribution in [3.63, 3.8) is 0 Å². The van der Waals surface area contributed by atoms with Crippen molar-refractivity contribution in [3.05, 3.63) is 47.1 Å². The van der Waals surface area contributed by atoms with Gasteiger partial charge in [0, 0.05) is 20.1 Å². The van der Waals surface area contributed by atoms with Crippen molar-refractivity contribution < 1.29 is 9.26 Å². The number of methoxy groups -OCH3 is 1. The molecule has 1 aliphatic heterocycles. The topological polar surface area (TPSA) is 60.2 Å². The fraction of sp³-hybridized carbons (Fsp3) is 0.467. The van der Waals surface area contributed by atoms with Crippen molar-refractivity contribution >= 4 is 0 Å². The molecule has 5 heteroatoms. The molecular weight excluding hydrogens is 254 g/mol. The lowest BCUT2D eigenvalue weighted by Gasteiger charge is -2.23. The van der Waals surface area contributed by atoms with Gasteiger partial charge in [-0.3, -0.25) is 0 Å². The van der Waals surface area contributed by atoms with E-state index in [0.29, 0.717) is 18.1 Å². The first-order valence-electron chi connectivity index (χ1n) is 6.94. The molecular formula is C15H19N3O2. The lowest BCUT2D eigenvalue weighted by molar-refractivity contribution is 0.116. The third kappa shape index (κ3) is 2.59. The number of fused-ring (bicyclic) bond motifs is 1. The third-order valence-electron chi connectivity index (χ3n) is 3.71. The zero-order valence-electron chi connectivity index (χ0n) is 11.8. The molecule has 0 amide bonds. The standard InChI is InChI=1S/C15H19N3O2/c1-10(19-2)9-13-17-15(20-18-13)14-12-6-4-3-5-11(12)7-8-16-14/h3-6,10,14,16H,7-9H2,1-2H3.